The predicted molar refractivity (Wildman–Crippen MR) is 89.7 cm³/mol. The molecule has 0 saturated carbocycles. The van der Waals surface area contributed by atoms with E-state index in [1.807, 2.05) is 0 Å². The average molecular weight is 349 g/mol. The summed E-state index contributed by atoms with van der Waals surface area (Å²) in [7, 11) is 0. The maximum Gasteiger partial charge on any atom is 0.333 e. The van der Waals surface area contributed by atoms with Crippen LogP contribution in [-0.2, 0) is 14.3 Å². The molecule has 1 aliphatic rings. The maximum absolute atomic E-state index is 12.5. The number of nitrogens with one attached hydrogen (secondary N) is 1. The number of allylic oxidation sites excluding steroid dienone is 2. The Hall–Kier alpha value is -4.04. The molecule has 0 unspecified atom stereocenters. The molecular weight excluding hydrogens is 338 g/mol. The van der Waals surface area contributed by atoms with Gasteiger partial charge in [-0.25, -0.2) is 14.5 Å². The van der Waals surface area contributed by atoms with Crippen molar-refractivity contribution in [3.8, 4) is 0 Å². The number of fused-ring (bicyclic) bond motifs is 1. The fraction of sp³-hybridized carbons (Fsp3) is 0.111. The Morgan fingerprint density at radius 2 is 1.77 bits per heavy atom. The molecule has 0 saturated heterocycles. The van der Waals surface area contributed by atoms with E-state index in [0.29, 0.717) is 0 Å². The number of benzene rings is 1. The lowest BCUT2D eigenvalue weighted by molar-refractivity contribution is -0.143. The molecule has 0 aromatic heterocycles. The first-order valence-corrected chi connectivity index (χ1v) is 7.15. The van der Waals surface area contributed by atoms with E-state index in [1.54, 1.807) is 0 Å². The number of anilines is 1. The van der Waals surface area contributed by atoms with Crippen LogP contribution in [0.2, 0.25) is 0 Å². The highest BCUT2D eigenvalue weighted by atomic mass is 16.5. The van der Waals surface area contributed by atoms with Crippen molar-refractivity contribution in [1.29, 1.82) is 0 Å². The molecule has 0 fully saturated rings. The number of esters is 1. The Bertz CT molecular complexity index is 989. The number of carbonyl (C=O) groups is 4. The topological polar surface area (TPSA) is 98.3 Å². The maximum atomic E-state index is 12.5. The summed E-state index contributed by atoms with van der Waals surface area (Å²) in [5.74, 6) is -3.07. The second kappa shape index (κ2) is 7.24. The summed E-state index contributed by atoms with van der Waals surface area (Å²) in [5, 5.41) is 2.37. The molecule has 0 radical (unpaired) electrons. The number of rotatable bonds is 4. The van der Waals surface area contributed by atoms with Gasteiger partial charge < -0.3 is 19.6 Å². The smallest absolute Gasteiger partial charge is 0.333 e. The molecule has 1 aromatic carbocycles. The molecule has 128 valence electrons. The van der Waals surface area contributed by atoms with Crippen molar-refractivity contribution in [1.82, 2.24) is 0 Å². The van der Waals surface area contributed by atoms with Crippen LogP contribution in [0.15, 0.2) is 41.7 Å². The highest BCUT2D eigenvalue weighted by Crippen LogP contribution is 2.32. The number of hydrogen-bond donors (Lipinski definition) is 1. The number of nitrogens with zero attached hydrogens (tertiary/aromatic N) is 2. The van der Waals surface area contributed by atoms with Crippen LogP contribution < -0.4 is 5.32 Å². The van der Waals surface area contributed by atoms with E-state index >= 15 is 0 Å². The van der Waals surface area contributed by atoms with Gasteiger partial charge in [0.1, 0.15) is 0 Å². The number of carbonyl (C=O) groups excluding carboxylic acids is 4. The van der Waals surface area contributed by atoms with Crippen LogP contribution >= 0.6 is 0 Å². The number of amides is 1. The van der Waals surface area contributed by atoms with Crippen molar-refractivity contribution in [2.75, 3.05) is 11.9 Å². The van der Waals surface area contributed by atoms with E-state index in [2.05, 4.69) is 21.6 Å². The zero-order chi connectivity index (χ0) is 19.4. The first-order chi connectivity index (χ1) is 12.3. The SMILES string of the molecule is [C-]#[N+]C1=C([N+]#[C-])C(=O)c2c(NC(=O)COC(=O)C(=C)C)cccc2C1=O. The highest BCUT2D eigenvalue weighted by molar-refractivity contribution is 6.30. The van der Waals surface area contributed by atoms with E-state index in [4.69, 9.17) is 17.9 Å². The molecular formula is C18H11N3O5. The molecule has 8 heteroatoms. The number of Topliss-reactive ketones (excluding diaryl/α,β-unsaturated/α-hetero) is 2. The van der Waals surface area contributed by atoms with Gasteiger partial charge in [-0.15, -0.1) is 0 Å². The van der Waals surface area contributed by atoms with Gasteiger partial charge in [-0.2, -0.15) is 0 Å². The molecule has 1 aliphatic carbocycles. The van der Waals surface area contributed by atoms with Crippen molar-refractivity contribution in [3.63, 3.8) is 0 Å². The van der Waals surface area contributed by atoms with Gasteiger partial charge in [0.2, 0.25) is 11.4 Å². The molecule has 1 amide bonds. The second-order valence-corrected chi connectivity index (χ2v) is 5.21. The molecule has 0 atom stereocenters. The zero-order valence-corrected chi connectivity index (χ0v) is 13.6. The summed E-state index contributed by atoms with van der Waals surface area (Å²) in [5.41, 5.74) is -1.28. The standard InChI is InChI=1S/C18H11N3O5/c1-9(2)18(25)26-8-12(22)21-11-7-5-6-10-13(11)17(24)15(20-4)14(19-3)16(10)23/h5-7H,1,8H2,2H3,(H,21,22). The van der Waals surface area contributed by atoms with E-state index in [1.165, 1.54) is 25.1 Å². The minimum absolute atomic E-state index is 0.0117. The Labute approximate surface area is 148 Å². The lowest BCUT2D eigenvalue weighted by Crippen LogP contribution is -2.25. The van der Waals surface area contributed by atoms with Crippen LogP contribution in [0.3, 0.4) is 0 Å². The molecule has 1 N–H and O–H groups in total. The fourth-order valence-corrected chi connectivity index (χ4v) is 2.20. The minimum atomic E-state index is -0.824. The van der Waals surface area contributed by atoms with Gasteiger partial charge in [0.05, 0.1) is 18.8 Å². The zero-order valence-electron chi connectivity index (χ0n) is 13.6. The second-order valence-electron chi connectivity index (χ2n) is 5.21. The Kier molecular flexibility index (Phi) is 5.10. The molecule has 0 aliphatic heterocycles. The van der Waals surface area contributed by atoms with E-state index in [0.717, 1.165) is 0 Å². The monoisotopic (exact) mass is 349 g/mol. The van der Waals surface area contributed by atoms with Crippen LogP contribution in [-0.4, -0.2) is 30.0 Å². The summed E-state index contributed by atoms with van der Waals surface area (Å²) in [6.07, 6.45) is 0. The van der Waals surface area contributed by atoms with Gasteiger partial charge in [0.25, 0.3) is 5.91 Å². The van der Waals surface area contributed by atoms with Gasteiger partial charge in [-0.1, -0.05) is 18.7 Å². The molecule has 0 bridgehead atoms. The number of ketones is 2. The third kappa shape index (κ3) is 3.25. The molecule has 1 aromatic rings. The highest BCUT2D eigenvalue weighted by Gasteiger charge is 2.35. The third-order valence-electron chi connectivity index (χ3n) is 3.37. The lowest BCUT2D eigenvalue weighted by atomic mass is 9.89. The Balaban J connectivity index is 2.35. The van der Waals surface area contributed by atoms with Crippen molar-refractivity contribution >= 4 is 29.1 Å². The molecule has 8 nitrogen and oxygen atoms in total. The number of hydrogen-bond acceptors (Lipinski definition) is 5. The van der Waals surface area contributed by atoms with Crippen molar-refractivity contribution in [2.24, 2.45) is 0 Å². The minimum Gasteiger partial charge on any atom is -0.452 e. The van der Waals surface area contributed by atoms with E-state index in [-0.39, 0.29) is 22.4 Å². The predicted octanol–water partition coefficient (Wildman–Crippen LogP) is 2.17. The van der Waals surface area contributed by atoms with Crippen LogP contribution in [0.1, 0.15) is 27.6 Å². The fourth-order valence-electron chi connectivity index (χ4n) is 2.20. The van der Waals surface area contributed by atoms with E-state index < -0.39 is 41.4 Å². The van der Waals surface area contributed by atoms with Crippen molar-refractivity contribution < 1.29 is 23.9 Å². The van der Waals surface area contributed by atoms with Gasteiger partial charge in [-0.05, 0) is 13.0 Å². The summed E-state index contributed by atoms with van der Waals surface area (Å²) >= 11 is 0. The summed E-state index contributed by atoms with van der Waals surface area (Å²) in [6, 6.07) is 4.12. The van der Waals surface area contributed by atoms with E-state index in [9.17, 15) is 19.2 Å². The van der Waals surface area contributed by atoms with Gasteiger partial charge >= 0.3 is 5.97 Å². The van der Waals surface area contributed by atoms with Crippen LogP contribution in [0.4, 0.5) is 5.69 Å². The average Bonchev–Trinajstić information content (AvgIpc) is 2.62. The Morgan fingerprint density at radius 1 is 1.15 bits per heavy atom. The van der Waals surface area contributed by atoms with Crippen LogP contribution in [0.25, 0.3) is 9.69 Å². The van der Waals surface area contributed by atoms with Crippen molar-refractivity contribution in [2.45, 2.75) is 6.92 Å². The quantitative estimate of drug-likeness (QED) is 0.510. The summed E-state index contributed by atoms with van der Waals surface area (Å²) in [6.45, 7) is 18.3. The molecule has 0 heterocycles. The first kappa shape index (κ1) is 18.3. The molecule has 2 rings (SSSR count). The van der Waals surface area contributed by atoms with Crippen LogP contribution in [0.5, 0.6) is 0 Å². The van der Waals surface area contributed by atoms with Crippen LogP contribution in [0, 0.1) is 13.1 Å². The number of ether oxygens (including phenoxy) is 1. The lowest BCUT2D eigenvalue weighted by Gasteiger charge is -2.18. The molecule has 0 spiro atoms. The van der Waals surface area contributed by atoms with Gasteiger partial charge in [0, 0.05) is 16.7 Å². The first-order valence-electron chi connectivity index (χ1n) is 7.15. The normalized spacial score (nSPS) is 12.6. The third-order valence-corrected chi connectivity index (χ3v) is 3.37. The Morgan fingerprint density at radius 3 is 2.35 bits per heavy atom. The van der Waals surface area contributed by atoms with Crippen molar-refractivity contribution in [3.05, 3.63) is 75.7 Å². The van der Waals surface area contributed by atoms with Gasteiger partial charge in [-0.3, -0.25) is 4.79 Å². The summed E-state index contributed by atoms with van der Waals surface area (Å²) < 4.78 is 4.71. The molecule has 26 heavy (non-hydrogen) atoms. The summed E-state index contributed by atoms with van der Waals surface area (Å²) in [4.78, 5) is 54.1. The van der Waals surface area contributed by atoms with Gasteiger partial charge in [0.15, 0.2) is 18.2 Å². The largest absolute Gasteiger partial charge is 0.452 e.